The minimum Gasteiger partial charge on any atom is -0.391 e. The smallest absolute Gasteiger partial charge is 0.330 e. The summed E-state index contributed by atoms with van der Waals surface area (Å²) in [5, 5.41) is 0. The minimum absolute atomic E-state index is 0.404. The molecule has 0 heterocycles. The van der Waals surface area contributed by atoms with E-state index in [0.29, 0.717) is 32.5 Å². The fourth-order valence-corrected chi connectivity index (χ4v) is 3.42. The topological polar surface area (TPSA) is 98.6 Å². The lowest BCUT2D eigenvalue weighted by Crippen LogP contribution is -2.45. The highest BCUT2D eigenvalue weighted by atomic mass is 16.6. The molecule has 0 amide bonds. The van der Waals surface area contributed by atoms with Gasteiger partial charge < -0.3 is 16.2 Å². The lowest BCUT2D eigenvalue weighted by atomic mass is 10.1. The molecule has 0 saturated heterocycles. The summed E-state index contributed by atoms with van der Waals surface area (Å²) in [6, 6.07) is 15.4. The van der Waals surface area contributed by atoms with E-state index < -0.39 is 24.0 Å². The summed E-state index contributed by atoms with van der Waals surface area (Å²) in [5.74, 6) is -1.25. The van der Waals surface area contributed by atoms with Crippen LogP contribution in [0.5, 0.6) is 0 Å². The van der Waals surface area contributed by atoms with Crippen LogP contribution in [-0.2, 0) is 27.2 Å². The predicted octanol–water partition coefficient (Wildman–Crippen LogP) is 2.92. The molecule has 0 radical (unpaired) electrons. The third kappa shape index (κ3) is 8.54. The van der Waals surface area contributed by atoms with Crippen LogP contribution in [0.2, 0.25) is 0 Å². The number of nitrogens with zero attached hydrogens (tertiary/aromatic N) is 1. The average molecular weight is 440 g/mol. The van der Waals surface area contributed by atoms with Gasteiger partial charge in [-0.15, -0.1) is 0 Å². The second-order valence-corrected chi connectivity index (χ2v) is 8.46. The molecule has 2 aromatic rings. The van der Waals surface area contributed by atoms with E-state index in [0.717, 1.165) is 12.8 Å². The van der Waals surface area contributed by atoms with Crippen LogP contribution >= 0.6 is 0 Å². The van der Waals surface area contributed by atoms with Crippen LogP contribution in [0.15, 0.2) is 48.5 Å². The van der Waals surface area contributed by atoms with Gasteiger partial charge >= 0.3 is 11.9 Å². The first-order valence-corrected chi connectivity index (χ1v) is 11.4. The number of hydrogen-bond acceptors (Lipinski definition) is 6. The van der Waals surface area contributed by atoms with Crippen molar-refractivity contribution in [2.45, 2.75) is 58.5 Å². The Morgan fingerprint density at radius 1 is 0.875 bits per heavy atom. The quantitative estimate of drug-likeness (QED) is 0.390. The van der Waals surface area contributed by atoms with E-state index in [1.165, 1.54) is 22.3 Å². The summed E-state index contributed by atoms with van der Waals surface area (Å²) in [4.78, 5) is 27.0. The Hall–Kier alpha value is -2.54. The van der Waals surface area contributed by atoms with Gasteiger partial charge in [-0.25, -0.2) is 9.59 Å². The Bertz CT molecular complexity index is 800. The summed E-state index contributed by atoms with van der Waals surface area (Å²) in [6.45, 7) is 7.70. The Morgan fingerprint density at radius 3 is 1.78 bits per heavy atom. The minimum atomic E-state index is -0.830. The van der Waals surface area contributed by atoms with E-state index in [4.69, 9.17) is 16.2 Å². The van der Waals surface area contributed by atoms with E-state index in [-0.39, 0.29) is 0 Å². The summed E-state index contributed by atoms with van der Waals surface area (Å²) in [7, 11) is 0. The second-order valence-electron chi connectivity index (χ2n) is 8.46. The van der Waals surface area contributed by atoms with E-state index in [2.05, 4.69) is 67.3 Å². The molecule has 0 aliphatic rings. The molecule has 6 heteroatoms. The van der Waals surface area contributed by atoms with Crippen molar-refractivity contribution in [1.29, 1.82) is 0 Å². The number of ether oxygens (including phenoxy) is 1. The molecule has 6 nitrogen and oxygen atoms in total. The molecule has 32 heavy (non-hydrogen) atoms. The first kappa shape index (κ1) is 25.7. The average Bonchev–Trinajstić information content (AvgIpc) is 2.79. The second kappa shape index (κ2) is 13.1. The van der Waals surface area contributed by atoms with Crippen molar-refractivity contribution in [3.8, 4) is 0 Å². The molecule has 0 aliphatic carbocycles. The molecule has 174 valence electrons. The molecule has 2 atom stereocenters. The van der Waals surface area contributed by atoms with Crippen LogP contribution in [0.25, 0.3) is 0 Å². The highest BCUT2D eigenvalue weighted by Crippen LogP contribution is 2.11. The Balaban J connectivity index is 2.03. The zero-order valence-corrected chi connectivity index (χ0v) is 19.5. The van der Waals surface area contributed by atoms with Crippen molar-refractivity contribution in [1.82, 2.24) is 4.90 Å². The molecule has 2 rings (SSSR count). The van der Waals surface area contributed by atoms with Crippen LogP contribution in [-0.4, -0.2) is 48.6 Å². The lowest BCUT2D eigenvalue weighted by molar-refractivity contribution is -0.164. The highest BCUT2D eigenvalue weighted by molar-refractivity contribution is 5.90. The van der Waals surface area contributed by atoms with Crippen LogP contribution in [0.1, 0.15) is 42.0 Å². The zero-order valence-electron chi connectivity index (χ0n) is 19.5. The van der Waals surface area contributed by atoms with Gasteiger partial charge in [0.15, 0.2) is 0 Å². The molecule has 0 fully saturated rings. The van der Waals surface area contributed by atoms with Gasteiger partial charge in [-0.2, -0.15) is 0 Å². The van der Waals surface area contributed by atoms with E-state index in [1.807, 2.05) is 0 Å². The molecule has 0 aromatic heterocycles. The molecule has 0 spiro atoms. The SMILES string of the molecule is Cc1ccc(CCN(CCc2ccc(C)cc2)[C@@H](C)C(=O)OC(=O)[C@H](N)CCCN)cc1. The number of benzene rings is 2. The molecule has 4 N–H and O–H groups in total. The maximum Gasteiger partial charge on any atom is 0.330 e. The molecule has 0 bridgehead atoms. The summed E-state index contributed by atoms with van der Waals surface area (Å²) >= 11 is 0. The summed E-state index contributed by atoms with van der Waals surface area (Å²) in [6.07, 6.45) is 2.62. The van der Waals surface area contributed by atoms with Gasteiger partial charge in [0.05, 0.1) is 0 Å². The van der Waals surface area contributed by atoms with E-state index in [1.54, 1.807) is 6.92 Å². The summed E-state index contributed by atoms with van der Waals surface area (Å²) in [5.41, 5.74) is 16.1. The van der Waals surface area contributed by atoms with Crippen molar-refractivity contribution < 1.29 is 14.3 Å². The molecule has 0 saturated carbocycles. The fourth-order valence-electron chi connectivity index (χ4n) is 3.42. The number of esters is 2. The monoisotopic (exact) mass is 439 g/mol. The molecular formula is C26H37N3O3. The van der Waals surface area contributed by atoms with Gasteiger partial charge in [0.25, 0.3) is 0 Å². The zero-order chi connectivity index (χ0) is 23.5. The predicted molar refractivity (Wildman–Crippen MR) is 128 cm³/mol. The highest BCUT2D eigenvalue weighted by Gasteiger charge is 2.26. The number of aryl methyl sites for hydroxylation is 2. The molecular weight excluding hydrogens is 402 g/mol. The third-order valence-electron chi connectivity index (χ3n) is 5.73. The van der Waals surface area contributed by atoms with Gasteiger partial charge in [-0.3, -0.25) is 4.90 Å². The standard InChI is InChI=1S/C26H37N3O3/c1-19-6-10-22(11-7-19)14-17-29(18-15-23-12-8-20(2)9-13-23)21(3)25(30)32-26(31)24(28)5-4-16-27/h6-13,21,24H,4-5,14-18,27-28H2,1-3H3/t21-,24+/m0/s1. The Kier molecular flexibility index (Phi) is 10.5. The molecule has 2 aromatic carbocycles. The number of nitrogens with two attached hydrogens (primary N) is 2. The largest absolute Gasteiger partial charge is 0.391 e. The fraction of sp³-hybridized carbons (Fsp3) is 0.462. The van der Waals surface area contributed by atoms with Gasteiger partial charge in [-0.1, -0.05) is 59.7 Å². The maximum absolute atomic E-state index is 12.7. The first-order chi connectivity index (χ1) is 15.3. The summed E-state index contributed by atoms with van der Waals surface area (Å²) < 4.78 is 5.10. The lowest BCUT2D eigenvalue weighted by Gasteiger charge is -2.28. The van der Waals surface area contributed by atoms with Crippen molar-refractivity contribution in [3.63, 3.8) is 0 Å². The number of carbonyl (C=O) groups is 2. The van der Waals surface area contributed by atoms with Crippen molar-refractivity contribution in [2.24, 2.45) is 11.5 Å². The first-order valence-electron chi connectivity index (χ1n) is 11.4. The van der Waals surface area contributed by atoms with Gasteiger partial charge in [0.1, 0.15) is 12.1 Å². The van der Waals surface area contributed by atoms with Crippen LogP contribution in [0.4, 0.5) is 0 Å². The normalized spacial score (nSPS) is 13.1. The van der Waals surface area contributed by atoms with Crippen LogP contribution in [0, 0.1) is 13.8 Å². The van der Waals surface area contributed by atoms with Gasteiger partial charge in [0.2, 0.25) is 0 Å². The number of carbonyl (C=O) groups excluding carboxylic acids is 2. The molecule has 0 aliphatic heterocycles. The number of hydrogen-bond donors (Lipinski definition) is 2. The van der Waals surface area contributed by atoms with E-state index >= 15 is 0 Å². The Labute approximate surface area is 191 Å². The Morgan fingerprint density at radius 2 is 1.34 bits per heavy atom. The van der Waals surface area contributed by atoms with Crippen molar-refractivity contribution >= 4 is 11.9 Å². The van der Waals surface area contributed by atoms with Crippen LogP contribution in [0.3, 0.4) is 0 Å². The van der Waals surface area contributed by atoms with E-state index in [9.17, 15) is 9.59 Å². The van der Waals surface area contributed by atoms with Gasteiger partial charge in [0, 0.05) is 13.1 Å². The molecule has 0 unspecified atom stereocenters. The third-order valence-corrected chi connectivity index (χ3v) is 5.73. The van der Waals surface area contributed by atoms with Crippen molar-refractivity contribution in [3.05, 3.63) is 70.8 Å². The van der Waals surface area contributed by atoms with Crippen LogP contribution < -0.4 is 11.5 Å². The van der Waals surface area contributed by atoms with Crippen molar-refractivity contribution in [2.75, 3.05) is 19.6 Å². The number of rotatable bonds is 12. The van der Waals surface area contributed by atoms with Gasteiger partial charge in [-0.05, 0) is 64.1 Å². The maximum atomic E-state index is 12.7.